The van der Waals surface area contributed by atoms with E-state index in [1.54, 1.807) is 25.1 Å². The van der Waals surface area contributed by atoms with Crippen molar-refractivity contribution >= 4 is 44.8 Å². The van der Waals surface area contributed by atoms with Crippen LogP contribution < -0.4 is 4.72 Å². The molecule has 7 heteroatoms. The monoisotopic (exact) mass is 301 g/mol. The lowest BCUT2D eigenvalue weighted by atomic mass is 10.1. The molecule has 0 fully saturated rings. The van der Waals surface area contributed by atoms with Gasteiger partial charge in [-0.2, -0.15) is 0 Å². The predicted molar refractivity (Wildman–Crippen MR) is 67.7 cm³/mol. The summed E-state index contributed by atoms with van der Waals surface area (Å²) < 4.78 is 24.9. The van der Waals surface area contributed by atoms with Crippen molar-refractivity contribution in [3.63, 3.8) is 0 Å². The summed E-state index contributed by atoms with van der Waals surface area (Å²) >= 11 is 17.0. The standard InChI is InChI=1S/C9H10Cl3NO2S/c1-6(13-16(14,15)5-10)8-3-2-7(11)4-9(8)12/h2-4,6,13H,5H2,1H3. The van der Waals surface area contributed by atoms with E-state index in [2.05, 4.69) is 4.72 Å². The quantitative estimate of drug-likeness (QED) is 0.868. The second kappa shape index (κ2) is 5.56. The van der Waals surface area contributed by atoms with Gasteiger partial charge in [-0.25, -0.2) is 13.1 Å². The molecule has 1 aromatic rings. The first kappa shape index (κ1) is 14.1. The minimum absolute atomic E-state index is 0.414. The summed E-state index contributed by atoms with van der Waals surface area (Å²) in [5.74, 6) is 0. The van der Waals surface area contributed by atoms with Crippen LogP contribution in [0.4, 0.5) is 0 Å². The molecule has 1 atom stereocenters. The number of rotatable bonds is 4. The van der Waals surface area contributed by atoms with Crippen molar-refractivity contribution in [1.29, 1.82) is 0 Å². The molecular weight excluding hydrogens is 293 g/mol. The van der Waals surface area contributed by atoms with E-state index < -0.39 is 21.3 Å². The van der Waals surface area contributed by atoms with Crippen LogP contribution in [0, 0.1) is 0 Å². The number of hydrogen-bond donors (Lipinski definition) is 1. The van der Waals surface area contributed by atoms with Crippen molar-refractivity contribution in [1.82, 2.24) is 4.72 Å². The maximum atomic E-state index is 11.2. The Kier molecular flexibility index (Phi) is 4.88. The van der Waals surface area contributed by atoms with Crippen LogP contribution in [0.3, 0.4) is 0 Å². The van der Waals surface area contributed by atoms with E-state index in [4.69, 9.17) is 34.8 Å². The molecule has 3 nitrogen and oxygen atoms in total. The van der Waals surface area contributed by atoms with Gasteiger partial charge in [-0.1, -0.05) is 29.3 Å². The Morgan fingerprint density at radius 2 is 2.00 bits per heavy atom. The fourth-order valence-corrected chi connectivity index (χ4v) is 2.71. The lowest BCUT2D eigenvalue weighted by molar-refractivity contribution is 0.571. The molecule has 1 unspecified atom stereocenters. The average Bonchev–Trinajstić information content (AvgIpc) is 2.16. The highest BCUT2D eigenvalue weighted by Gasteiger charge is 2.16. The number of nitrogens with one attached hydrogen (secondary N) is 1. The zero-order valence-electron chi connectivity index (χ0n) is 8.38. The topological polar surface area (TPSA) is 46.2 Å². The van der Waals surface area contributed by atoms with E-state index in [9.17, 15) is 8.42 Å². The maximum absolute atomic E-state index is 11.2. The molecule has 0 radical (unpaired) electrons. The fourth-order valence-electron chi connectivity index (χ4n) is 1.22. The molecule has 0 aromatic heterocycles. The Morgan fingerprint density at radius 1 is 1.38 bits per heavy atom. The summed E-state index contributed by atoms with van der Waals surface area (Å²) in [4.78, 5) is 0. The van der Waals surface area contributed by atoms with Crippen molar-refractivity contribution in [2.45, 2.75) is 13.0 Å². The van der Waals surface area contributed by atoms with Crippen LogP contribution in [0.15, 0.2) is 18.2 Å². The van der Waals surface area contributed by atoms with Crippen molar-refractivity contribution in [3.8, 4) is 0 Å². The minimum Gasteiger partial charge on any atom is -0.211 e. The Hall–Kier alpha value is -0.000000000000000111. The van der Waals surface area contributed by atoms with Gasteiger partial charge in [-0.05, 0) is 24.6 Å². The molecule has 0 spiro atoms. The first-order valence-corrected chi connectivity index (χ1v) is 7.31. The van der Waals surface area contributed by atoms with E-state index in [1.165, 1.54) is 0 Å². The van der Waals surface area contributed by atoms with E-state index in [-0.39, 0.29) is 0 Å². The molecule has 0 heterocycles. The third-order valence-corrected chi connectivity index (χ3v) is 4.35. The largest absolute Gasteiger partial charge is 0.226 e. The summed E-state index contributed by atoms with van der Waals surface area (Å²) in [6.45, 7) is 1.68. The molecule has 1 N–H and O–H groups in total. The van der Waals surface area contributed by atoms with Gasteiger partial charge in [0.2, 0.25) is 10.0 Å². The summed E-state index contributed by atoms with van der Waals surface area (Å²) in [6.07, 6.45) is 0. The molecular formula is C9H10Cl3NO2S. The van der Waals surface area contributed by atoms with Crippen LogP contribution >= 0.6 is 34.8 Å². The third kappa shape index (κ3) is 3.79. The lowest BCUT2D eigenvalue weighted by Crippen LogP contribution is -2.27. The third-order valence-electron chi connectivity index (χ3n) is 1.93. The maximum Gasteiger partial charge on any atom is 0.226 e. The molecule has 1 rings (SSSR count). The van der Waals surface area contributed by atoms with Gasteiger partial charge in [0.15, 0.2) is 0 Å². The van der Waals surface area contributed by atoms with Crippen LogP contribution in [0.25, 0.3) is 0 Å². The second-order valence-corrected chi connectivity index (χ2v) is 6.41. The van der Waals surface area contributed by atoms with Crippen molar-refractivity contribution in [2.75, 3.05) is 5.21 Å². The molecule has 0 aliphatic carbocycles. The minimum atomic E-state index is -3.47. The zero-order chi connectivity index (χ0) is 12.3. The highest BCUT2D eigenvalue weighted by molar-refractivity contribution is 7.90. The molecule has 0 aliphatic heterocycles. The van der Waals surface area contributed by atoms with Gasteiger partial charge in [-0.3, -0.25) is 0 Å². The van der Waals surface area contributed by atoms with Crippen LogP contribution in [-0.2, 0) is 10.0 Å². The zero-order valence-corrected chi connectivity index (χ0v) is 11.5. The number of sulfonamides is 1. The van der Waals surface area contributed by atoms with Gasteiger partial charge >= 0.3 is 0 Å². The molecule has 90 valence electrons. The highest BCUT2D eigenvalue weighted by Crippen LogP contribution is 2.26. The Labute approximate surface area is 110 Å². The van der Waals surface area contributed by atoms with E-state index >= 15 is 0 Å². The van der Waals surface area contributed by atoms with Crippen LogP contribution in [0.1, 0.15) is 18.5 Å². The molecule has 0 amide bonds. The van der Waals surface area contributed by atoms with Gasteiger partial charge in [0.05, 0.1) is 0 Å². The molecule has 0 saturated carbocycles. The summed E-state index contributed by atoms with van der Waals surface area (Å²) in [5.41, 5.74) is 0.653. The van der Waals surface area contributed by atoms with Gasteiger partial charge in [0, 0.05) is 16.1 Å². The smallest absolute Gasteiger partial charge is 0.211 e. The molecule has 1 aromatic carbocycles. The van der Waals surface area contributed by atoms with Crippen LogP contribution in [0.5, 0.6) is 0 Å². The normalized spacial score (nSPS) is 13.8. The lowest BCUT2D eigenvalue weighted by Gasteiger charge is -2.14. The van der Waals surface area contributed by atoms with Gasteiger partial charge in [0.25, 0.3) is 0 Å². The van der Waals surface area contributed by atoms with Crippen molar-refractivity contribution in [2.24, 2.45) is 0 Å². The van der Waals surface area contributed by atoms with E-state index in [0.717, 1.165) is 0 Å². The van der Waals surface area contributed by atoms with Crippen molar-refractivity contribution < 1.29 is 8.42 Å². The van der Waals surface area contributed by atoms with E-state index in [0.29, 0.717) is 15.6 Å². The second-order valence-electron chi connectivity index (χ2n) is 3.23. The molecule has 0 bridgehead atoms. The van der Waals surface area contributed by atoms with Gasteiger partial charge in [-0.15, -0.1) is 11.6 Å². The first-order valence-electron chi connectivity index (χ1n) is 4.36. The number of hydrogen-bond acceptors (Lipinski definition) is 2. The number of alkyl halides is 1. The average molecular weight is 303 g/mol. The fraction of sp³-hybridized carbons (Fsp3) is 0.333. The van der Waals surface area contributed by atoms with Gasteiger partial charge in [0.1, 0.15) is 5.21 Å². The van der Waals surface area contributed by atoms with E-state index in [1.807, 2.05) is 0 Å². The first-order chi connectivity index (χ1) is 7.35. The summed E-state index contributed by atoms with van der Waals surface area (Å²) in [6, 6.07) is 4.43. The SMILES string of the molecule is CC(NS(=O)(=O)CCl)c1ccc(Cl)cc1Cl. The Morgan fingerprint density at radius 3 is 2.50 bits per heavy atom. The number of halogens is 3. The Balaban J connectivity index is 2.93. The van der Waals surface area contributed by atoms with Crippen LogP contribution in [0.2, 0.25) is 10.0 Å². The Bertz CT molecular complexity index is 476. The predicted octanol–water partition coefficient (Wildman–Crippen LogP) is 3.17. The highest BCUT2D eigenvalue weighted by atomic mass is 35.5. The molecule has 16 heavy (non-hydrogen) atoms. The molecule has 0 aliphatic rings. The van der Waals surface area contributed by atoms with Crippen LogP contribution in [-0.4, -0.2) is 13.6 Å². The summed E-state index contributed by atoms with van der Waals surface area (Å²) in [5, 5.41) is 0.432. The molecule has 0 saturated heterocycles. The van der Waals surface area contributed by atoms with Crippen molar-refractivity contribution in [3.05, 3.63) is 33.8 Å². The number of benzene rings is 1. The van der Waals surface area contributed by atoms with Gasteiger partial charge < -0.3 is 0 Å². The summed E-state index contributed by atoms with van der Waals surface area (Å²) in [7, 11) is -3.47.